The van der Waals surface area contributed by atoms with E-state index in [0.29, 0.717) is 29.0 Å². The van der Waals surface area contributed by atoms with Crippen molar-refractivity contribution in [2.75, 3.05) is 0 Å². The average molecular weight is 615 g/mol. The number of benzene rings is 3. The fourth-order valence-electron chi connectivity index (χ4n) is 8.14. The minimum Gasteiger partial charge on any atom is -0.206 e. The van der Waals surface area contributed by atoms with Crippen molar-refractivity contribution in [3.05, 3.63) is 95.3 Å². The summed E-state index contributed by atoms with van der Waals surface area (Å²) in [5, 5.41) is 0. The quantitative estimate of drug-likeness (QED) is 0.133. The highest BCUT2D eigenvalue weighted by Crippen LogP contribution is 2.45. The summed E-state index contributed by atoms with van der Waals surface area (Å²) < 4.78 is 45.4. The van der Waals surface area contributed by atoms with Crippen LogP contribution in [0.4, 0.5) is 13.2 Å². The van der Waals surface area contributed by atoms with Crippen molar-refractivity contribution in [2.45, 2.75) is 122 Å². The third-order valence-electron chi connectivity index (χ3n) is 11.0. The second kappa shape index (κ2) is 16.7. The summed E-state index contributed by atoms with van der Waals surface area (Å²) in [4.78, 5) is 0. The summed E-state index contributed by atoms with van der Waals surface area (Å²) >= 11 is 0. The summed E-state index contributed by atoms with van der Waals surface area (Å²) in [6.45, 7) is 4.28. The van der Waals surface area contributed by atoms with Gasteiger partial charge >= 0.3 is 0 Å². The van der Waals surface area contributed by atoms with Crippen LogP contribution in [0.5, 0.6) is 0 Å². The number of hydrogen-bond acceptors (Lipinski definition) is 0. The zero-order valence-electron chi connectivity index (χ0n) is 27.6. The molecule has 0 atom stereocenters. The van der Waals surface area contributed by atoms with Crippen molar-refractivity contribution < 1.29 is 13.2 Å². The Morgan fingerprint density at radius 2 is 1.29 bits per heavy atom. The second-order valence-electron chi connectivity index (χ2n) is 13.9. The molecule has 0 nitrogen and oxygen atoms in total. The molecular weight excluding hydrogens is 561 g/mol. The van der Waals surface area contributed by atoms with Crippen molar-refractivity contribution in [2.24, 2.45) is 17.8 Å². The molecule has 2 fully saturated rings. The molecule has 0 bridgehead atoms. The molecule has 0 unspecified atom stereocenters. The van der Waals surface area contributed by atoms with Gasteiger partial charge in [-0.15, -0.1) is 0 Å². The Kier molecular flexibility index (Phi) is 12.4. The van der Waals surface area contributed by atoms with Crippen molar-refractivity contribution >= 4 is 0 Å². The van der Waals surface area contributed by atoms with Crippen LogP contribution in [0.25, 0.3) is 22.3 Å². The molecule has 45 heavy (non-hydrogen) atoms. The minimum absolute atomic E-state index is 0.209. The van der Waals surface area contributed by atoms with Gasteiger partial charge in [-0.1, -0.05) is 106 Å². The summed E-state index contributed by atoms with van der Waals surface area (Å²) in [5.74, 6) is 1.31. The fourth-order valence-corrected chi connectivity index (χ4v) is 8.14. The molecule has 0 amide bonds. The van der Waals surface area contributed by atoms with Gasteiger partial charge in [0.15, 0.2) is 11.6 Å². The highest BCUT2D eigenvalue weighted by atomic mass is 19.2. The molecule has 0 radical (unpaired) electrons. The number of rotatable bonds is 13. The zero-order valence-corrected chi connectivity index (χ0v) is 27.6. The van der Waals surface area contributed by atoms with Crippen LogP contribution >= 0.6 is 0 Å². The predicted octanol–water partition coefficient (Wildman–Crippen LogP) is 13.4. The lowest BCUT2D eigenvalue weighted by Crippen LogP contribution is -2.25. The van der Waals surface area contributed by atoms with E-state index in [2.05, 4.69) is 32.1 Å². The molecule has 3 aromatic carbocycles. The molecule has 0 saturated heterocycles. The van der Waals surface area contributed by atoms with Gasteiger partial charge in [0.1, 0.15) is 5.82 Å². The topological polar surface area (TPSA) is 0 Å². The third kappa shape index (κ3) is 8.72. The Morgan fingerprint density at radius 1 is 0.667 bits per heavy atom. The van der Waals surface area contributed by atoms with E-state index in [1.54, 1.807) is 30.3 Å². The Hall–Kier alpha value is -2.81. The van der Waals surface area contributed by atoms with E-state index < -0.39 is 11.6 Å². The SMILES string of the molecule is CC=CCCC1CCC(C2CCC(c3ccc(-c4ccc(-c5ccc(CCCCCCC)c(F)c5F)cc4)c(F)c3)CC2)CC1. The molecule has 3 heteroatoms. The second-order valence-corrected chi connectivity index (χ2v) is 13.9. The summed E-state index contributed by atoms with van der Waals surface area (Å²) in [6.07, 6.45) is 23.4. The van der Waals surface area contributed by atoms with Gasteiger partial charge in [0.25, 0.3) is 0 Å². The molecule has 0 aliphatic heterocycles. The molecule has 2 aliphatic carbocycles. The number of halogens is 3. The van der Waals surface area contributed by atoms with E-state index in [-0.39, 0.29) is 11.4 Å². The van der Waals surface area contributed by atoms with Crippen molar-refractivity contribution in [3.63, 3.8) is 0 Å². The van der Waals surface area contributed by atoms with E-state index in [1.165, 1.54) is 57.8 Å². The van der Waals surface area contributed by atoms with Crippen LogP contribution in [-0.4, -0.2) is 0 Å². The van der Waals surface area contributed by atoms with Gasteiger partial charge in [-0.05, 0) is 123 Å². The normalized spacial score (nSPS) is 22.2. The summed E-state index contributed by atoms with van der Waals surface area (Å²) in [6, 6.07) is 16.3. The van der Waals surface area contributed by atoms with Gasteiger partial charge in [0.05, 0.1) is 0 Å². The van der Waals surface area contributed by atoms with Crippen LogP contribution in [0.2, 0.25) is 0 Å². The lowest BCUT2D eigenvalue weighted by Gasteiger charge is -2.38. The lowest BCUT2D eigenvalue weighted by atomic mass is 9.68. The maximum Gasteiger partial charge on any atom is 0.166 e. The van der Waals surface area contributed by atoms with Crippen LogP contribution in [0.15, 0.2) is 66.7 Å². The molecule has 5 rings (SSSR count). The van der Waals surface area contributed by atoms with Gasteiger partial charge in [0, 0.05) is 11.1 Å². The first-order valence-electron chi connectivity index (χ1n) is 18.0. The monoisotopic (exact) mass is 614 g/mol. The summed E-state index contributed by atoms with van der Waals surface area (Å²) in [7, 11) is 0. The fraction of sp³-hybridized carbons (Fsp3) is 0.524. The standard InChI is InChI=1S/C42H53F3/c1-3-5-7-8-10-12-36-25-28-39(42(45)41(36)44)35-23-21-34(22-24-35)38-27-26-37(29-40(38)43)33-19-17-32(18-20-33)31-15-13-30(14-16-31)11-9-6-4-2/h4,6,21-33H,3,5,7-20H2,1-2H3. The minimum atomic E-state index is -0.799. The largest absolute Gasteiger partial charge is 0.206 e. The van der Waals surface area contributed by atoms with E-state index in [9.17, 15) is 4.39 Å². The summed E-state index contributed by atoms with van der Waals surface area (Å²) in [5.41, 5.74) is 3.70. The maximum absolute atomic E-state index is 15.4. The predicted molar refractivity (Wildman–Crippen MR) is 184 cm³/mol. The molecule has 2 aliphatic rings. The van der Waals surface area contributed by atoms with E-state index in [1.807, 2.05) is 18.2 Å². The molecule has 2 saturated carbocycles. The van der Waals surface area contributed by atoms with E-state index >= 15 is 8.78 Å². The van der Waals surface area contributed by atoms with E-state index in [0.717, 1.165) is 67.4 Å². The molecule has 0 aromatic heterocycles. The van der Waals surface area contributed by atoms with Crippen LogP contribution in [-0.2, 0) is 6.42 Å². The molecule has 0 N–H and O–H groups in total. The maximum atomic E-state index is 15.4. The van der Waals surface area contributed by atoms with Crippen LogP contribution in [0, 0.1) is 35.2 Å². The van der Waals surface area contributed by atoms with Gasteiger partial charge in [-0.3, -0.25) is 0 Å². The van der Waals surface area contributed by atoms with Crippen molar-refractivity contribution in [3.8, 4) is 22.3 Å². The number of unbranched alkanes of at least 4 members (excludes halogenated alkanes) is 4. The van der Waals surface area contributed by atoms with E-state index in [4.69, 9.17) is 0 Å². The first-order valence-corrected chi connectivity index (χ1v) is 18.0. The van der Waals surface area contributed by atoms with Crippen LogP contribution in [0.1, 0.15) is 127 Å². The molecule has 3 aromatic rings. The van der Waals surface area contributed by atoms with Crippen LogP contribution in [0.3, 0.4) is 0 Å². The Bertz CT molecular complexity index is 1370. The van der Waals surface area contributed by atoms with Crippen molar-refractivity contribution in [1.82, 2.24) is 0 Å². The molecular formula is C42H53F3. The Balaban J connectivity index is 1.15. The highest BCUT2D eigenvalue weighted by Gasteiger charge is 2.31. The highest BCUT2D eigenvalue weighted by molar-refractivity contribution is 5.71. The van der Waals surface area contributed by atoms with Gasteiger partial charge in [0.2, 0.25) is 0 Å². The van der Waals surface area contributed by atoms with Gasteiger partial charge < -0.3 is 0 Å². The van der Waals surface area contributed by atoms with Gasteiger partial charge in [-0.25, -0.2) is 13.2 Å². The molecule has 0 spiro atoms. The number of hydrogen-bond donors (Lipinski definition) is 0. The smallest absolute Gasteiger partial charge is 0.166 e. The average Bonchev–Trinajstić information content (AvgIpc) is 3.07. The van der Waals surface area contributed by atoms with Gasteiger partial charge in [-0.2, -0.15) is 0 Å². The molecule has 0 heterocycles. The third-order valence-corrected chi connectivity index (χ3v) is 11.0. The first-order chi connectivity index (χ1) is 22.0. The Labute approximate surface area is 270 Å². The number of allylic oxidation sites excluding steroid dienone is 2. The molecule has 242 valence electrons. The first kappa shape index (κ1) is 33.6. The zero-order chi connectivity index (χ0) is 31.6. The van der Waals surface area contributed by atoms with Crippen LogP contribution < -0.4 is 0 Å². The number of aryl methyl sites for hydroxylation is 1. The lowest BCUT2D eigenvalue weighted by molar-refractivity contribution is 0.157. The van der Waals surface area contributed by atoms with Crippen molar-refractivity contribution in [1.29, 1.82) is 0 Å². The Morgan fingerprint density at radius 3 is 1.93 bits per heavy atom.